The molecule has 0 aromatic heterocycles. The van der Waals surface area contributed by atoms with Crippen LogP contribution in [0.5, 0.6) is 0 Å². The maximum absolute atomic E-state index is 12.0. The van der Waals surface area contributed by atoms with Crippen LogP contribution in [0.3, 0.4) is 0 Å². The van der Waals surface area contributed by atoms with Gasteiger partial charge < -0.3 is 9.79 Å². The first-order valence-corrected chi connectivity index (χ1v) is 6.98. The molecule has 1 aliphatic carbocycles. The number of hydrogen-bond donors (Lipinski definition) is 2. The van der Waals surface area contributed by atoms with Crippen molar-refractivity contribution < 1.29 is 19.1 Å². The van der Waals surface area contributed by atoms with E-state index in [1.807, 2.05) is 0 Å². The quantitative estimate of drug-likeness (QED) is 0.733. The van der Waals surface area contributed by atoms with Crippen molar-refractivity contribution in [2.45, 2.75) is 51.1 Å². The Kier molecular flexibility index (Phi) is 3.75. The number of hydrogen-bond acceptors (Lipinski definition) is 2. The normalized spacial score (nSPS) is 20.3. The van der Waals surface area contributed by atoms with Crippen LogP contribution in [0, 0.1) is 5.92 Å². The summed E-state index contributed by atoms with van der Waals surface area (Å²) in [6.07, 6.45) is 4.67. The van der Waals surface area contributed by atoms with Crippen LogP contribution in [-0.2, 0) is 9.36 Å². The van der Waals surface area contributed by atoms with E-state index in [0.717, 1.165) is 32.1 Å². The van der Waals surface area contributed by atoms with Gasteiger partial charge in [-0.3, -0.25) is 9.36 Å². The summed E-state index contributed by atoms with van der Waals surface area (Å²) in [4.78, 5) is 30.2. The fourth-order valence-electron chi connectivity index (χ4n) is 2.01. The summed E-state index contributed by atoms with van der Waals surface area (Å²) in [7, 11) is -4.34. The lowest BCUT2D eigenvalue weighted by Gasteiger charge is -2.30. The van der Waals surface area contributed by atoms with Crippen LogP contribution in [0.15, 0.2) is 0 Å². The summed E-state index contributed by atoms with van der Waals surface area (Å²) in [5, 5.41) is -1.52. The molecule has 15 heavy (non-hydrogen) atoms. The third-order valence-electron chi connectivity index (χ3n) is 3.31. The molecule has 1 rings (SSSR count). The highest BCUT2D eigenvalue weighted by atomic mass is 31.2. The molecule has 5 heteroatoms. The molecule has 0 amide bonds. The molecular formula is C10H19O4P. The third kappa shape index (κ3) is 2.68. The molecule has 1 saturated carbocycles. The molecule has 1 aliphatic rings. The summed E-state index contributed by atoms with van der Waals surface area (Å²) in [6.45, 7) is 2.70. The van der Waals surface area contributed by atoms with E-state index in [0.29, 0.717) is 0 Å². The van der Waals surface area contributed by atoms with Gasteiger partial charge in [-0.05, 0) is 26.7 Å². The van der Waals surface area contributed by atoms with E-state index >= 15 is 0 Å². The summed E-state index contributed by atoms with van der Waals surface area (Å²) in [6, 6.07) is 0. The SMILES string of the molecule is CC(C)(C(=O)C1CCCCC1)P(=O)(O)O. The standard InChI is InChI=1S/C10H19O4P/c1-10(2,15(12,13)14)9(11)8-6-4-3-5-7-8/h8H,3-7H2,1-2H3,(H2,12,13,14). The first-order chi connectivity index (χ1) is 6.77. The van der Waals surface area contributed by atoms with E-state index in [2.05, 4.69) is 0 Å². The molecule has 0 heterocycles. The van der Waals surface area contributed by atoms with E-state index in [1.165, 1.54) is 13.8 Å². The van der Waals surface area contributed by atoms with Crippen molar-refractivity contribution in [3.8, 4) is 0 Å². The van der Waals surface area contributed by atoms with Crippen LogP contribution in [0.25, 0.3) is 0 Å². The van der Waals surface area contributed by atoms with Crippen LogP contribution in [0.1, 0.15) is 46.0 Å². The van der Waals surface area contributed by atoms with Gasteiger partial charge in [-0.2, -0.15) is 0 Å². The van der Waals surface area contributed by atoms with Gasteiger partial charge in [0.2, 0.25) is 0 Å². The Hall–Kier alpha value is -0.180. The smallest absolute Gasteiger partial charge is 0.324 e. The van der Waals surface area contributed by atoms with Gasteiger partial charge in [0, 0.05) is 5.92 Å². The first kappa shape index (κ1) is 12.9. The number of rotatable bonds is 3. The summed E-state index contributed by atoms with van der Waals surface area (Å²) in [5.74, 6) is -0.420. The van der Waals surface area contributed by atoms with Crippen LogP contribution < -0.4 is 0 Å². The molecule has 0 aromatic carbocycles. The van der Waals surface area contributed by atoms with E-state index in [1.54, 1.807) is 0 Å². The molecular weight excluding hydrogens is 215 g/mol. The molecule has 1 fully saturated rings. The highest BCUT2D eigenvalue weighted by Gasteiger charge is 2.46. The molecule has 2 N–H and O–H groups in total. The summed E-state index contributed by atoms with van der Waals surface area (Å²) >= 11 is 0. The van der Waals surface area contributed by atoms with Crippen molar-refractivity contribution in [2.75, 3.05) is 0 Å². The predicted molar refractivity (Wildman–Crippen MR) is 57.7 cm³/mol. The van der Waals surface area contributed by atoms with Gasteiger partial charge in [0.15, 0.2) is 5.78 Å². The Morgan fingerprint density at radius 1 is 1.20 bits per heavy atom. The minimum absolute atomic E-state index is 0.152. The lowest BCUT2D eigenvalue weighted by atomic mass is 9.82. The average Bonchev–Trinajstić information content (AvgIpc) is 2.16. The zero-order valence-electron chi connectivity index (χ0n) is 9.27. The second-order valence-corrected chi connectivity index (χ2v) is 7.01. The zero-order valence-corrected chi connectivity index (χ0v) is 10.2. The van der Waals surface area contributed by atoms with Gasteiger partial charge in [-0.1, -0.05) is 19.3 Å². The molecule has 0 aromatic rings. The Morgan fingerprint density at radius 2 is 1.67 bits per heavy atom. The Bertz CT molecular complexity index is 286. The largest absolute Gasteiger partial charge is 0.338 e. The maximum Gasteiger partial charge on any atom is 0.338 e. The van der Waals surface area contributed by atoms with Gasteiger partial charge in [-0.15, -0.1) is 0 Å². The second kappa shape index (κ2) is 4.36. The van der Waals surface area contributed by atoms with Gasteiger partial charge in [0.1, 0.15) is 5.16 Å². The van der Waals surface area contributed by atoms with Gasteiger partial charge in [-0.25, -0.2) is 0 Å². The number of Topliss-reactive ketones (excluding diaryl/α,β-unsaturated/α-hetero) is 1. The first-order valence-electron chi connectivity index (χ1n) is 5.37. The fraction of sp³-hybridized carbons (Fsp3) is 0.900. The zero-order chi connectivity index (χ0) is 11.7. The molecule has 0 bridgehead atoms. The van der Waals surface area contributed by atoms with Crippen LogP contribution >= 0.6 is 7.60 Å². The molecule has 88 valence electrons. The van der Waals surface area contributed by atoms with Crippen LogP contribution in [-0.4, -0.2) is 20.7 Å². The second-order valence-electron chi connectivity index (χ2n) is 4.80. The molecule has 0 atom stereocenters. The highest BCUT2D eigenvalue weighted by molar-refractivity contribution is 7.54. The van der Waals surface area contributed by atoms with Crippen molar-refractivity contribution in [3.63, 3.8) is 0 Å². The minimum atomic E-state index is -4.34. The van der Waals surface area contributed by atoms with Crippen molar-refractivity contribution in [1.82, 2.24) is 0 Å². The third-order valence-corrected chi connectivity index (χ3v) is 4.98. The number of ketones is 1. The van der Waals surface area contributed by atoms with E-state index in [9.17, 15) is 9.36 Å². The molecule has 0 aliphatic heterocycles. The maximum atomic E-state index is 12.0. The van der Waals surface area contributed by atoms with Crippen LogP contribution in [0.2, 0.25) is 0 Å². The summed E-state index contributed by atoms with van der Waals surface area (Å²) in [5.41, 5.74) is 0. The predicted octanol–water partition coefficient (Wildman–Crippen LogP) is 2.09. The van der Waals surface area contributed by atoms with Gasteiger partial charge in [0.05, 0.1) is 0 Å². The van der Waals surface area contributed by atoms with Crippen LogP contribution in [0.4, 0.5) is 0 Å². The highest BCUT2D eigenvalue weighted by Crippen LogP contribution is 2.52. The topological polar surface area (TPSA) is 74.6 Å². The van der Waals surface area contributed by atoms with Gasteiger partial charge >= 0.3 is 7.60 Å². The molecule has 0 saturated heterocycles. The van der Waals surface area contributed by atoms with E-state index in [4.69, 9.17) is 9.79 Å². The lowest BCUT2D eigenvalue weighted by Crippen LogP contribution is -2.37. The molecule has 0 spiro atoms. The van der Waals surface area contributed by atoms with E-state index in [-0.39, 0.29) is 11.7 Å². The van der Waals surface area contributed by atoms with Crippen molar-refractivity contribution in [1.29, 1.82) is 0 Å². The average molecular weight is 234 g/mol. The van der Waals surface area contributed by atoms with Crippen molar-refractivity contribution in [3.05, 3.63) is 0 Å². The summed E-state index contributed by atoms with van der Waals surface area (Å²) < 4.78 is 11.2. The Labute approximate surface area is 90.2 Å². The minimum Gasteiger partial charge on any atom is -0.324 e. The van der Waals surface area contributed by atoms with E-state index < -0.39 is 12.8 Å². The molecule has 0 radical (unpaired) electrons. The molecule has 0 unspecified atom stereocenters. The lowest BCUT2D eigenvalue weighted by molar-refractivity contribution is -0.126. The number of carbonyl (C=O) groups is 1. The van der Waals surface area contributed by atoms with Crippen molar-refractivity contribution >= 4 is 13.4 Å². The Balaban J connectivity index is 2.78. The monoisotopic (exact) mass is 234 g/mol. The van der Waals surface area contributed by atoms with Crippen molar-refractivity contribution in [2.24, 2.45) is 5.92 Å². The number of carbonyl (C=O) groups excluding carboxylic acids is 1. The Morgan fingerprint density at radius 3 is 2.07 bits per heavy atom. The fourth-order valence-corrected chi connectivity index (χ4v) is 2.48. The van der Waals surface area contributed by atoms with Gasteiger partial charge in [0.25, 0.3) is 0 Å². The molecule has 4 nitrogen and oxygen atoms in total.